The molecule has 0 saturated carbocycles. The fourth-order valence-electron chi connectivity index (χ4n) is 1.26. The number of methoxy groups -OCH3 is 1. The highest BCUT2D eigenvalue weighted by molar-refractivity contribution is 5.97. The average Bonchev–Trinajstić information content (AvgIpc) is 2.19. The zero-order chi connectivity index (χ0) is 10.4. The first kappa shape index (κ1) is 10.9. The molecule has 0 fully saturated rings. The molecule has 3 heteroatoms. The van der Waals surface area contributed by atoms with Crippen LogP contribution in [0.3, 0.4) is 0 Å². The van der Waals surface area contributed by atoms with Crippen molar-refractivity contribution in [2.45, 2.75) is 6.61 Å². The van der Waals surface area contributed by atoms with Crippen LogP contribution in [0.2, 0.25) is 0 Å². The molecule has 0 unspecified atom stereocenters. The lowest BCUT2D eigenvalue weighted by Crippen LogP contribution is -2.18. The maximum Gasteiger partial charge on any atom is 0.176 e. The van der Waals surface area contributed by atoms with E-state index < -0.39 is 0 Å². The maximum atomic E-state index is 11.5. The van der Waals surface area contributed by atoms with E-state index in [9.17, 15) is 4.79 Å². The molecule has 1 aromatic carbocycles. The minimum absolute atomic E-state index is 0.102. The van der Waals surface area contributed by atoms with Gasteiger partial charge in [0.1, 0.15) is 0 Å². The van der Waals surface area contributed by atoms with E-state index >= 15 is 0 Å². The van der Waals surface area contributed by atoms with Gasteiger partial charge in [0.05, 0.1) is 13.2 Å². The second kappa shape index (κ2) is 5.52. The number of rotatable bonds is 5. The van der Waals surface area contributed by atoms with Crippen molar-refractivity contribution in [3.8, 4) is 0 Å². The Morgan fingerprint density at radius 2 is 2.29 bits per heavy atom. The molecule has 14 heavy (non-hydrogen) atoms. The minimum Gasteiger partial charge on any atom is -0.380 e. The van der Waals surface area contributed by atoms with Crippen molar-refractivity contribution in [3.63, 3.8) is 0 Å². The number of ether oxygens (including phenoxy) is 1. The van der Waals surface area contributed by atoms with Crippen LogP contribution in [0.25, 0.3) is 0 Å². The molecule has 0 heterocycles. The number of carbonyl (C=O) groups excluding carboxylic acids is 1. The summed E-state index contributed by atoms with van der Waals surface area (Å²) in [7, 11) is 3.40. The van der Waals surface area contributed by atoms with Crippen molar-refractivity contribution in [1.29, 1.82) is 0 Å². The lowest BCUT2D eigenvalue weighted by Gasteiger charge is -2.03. The van der Waals surface area contributed by atoms with E-state index in [0.717, 1.165) is 11.1 Å². The lowest BCUT2D eigenvalue weighted by molar-refractivity contribution is 0.0993. The fourth-order valence-corrected chi connectivity index (χ4v) is 1.26. The molecule has 0 aliphatic rings. The van der Waals surface area contributed by atoms with Crippen LogP contribution >= 0.6 is 0 Å². The van der Waals surface area contributed by atoms with Crippen LogP contribution in [-0.4, -0.2) is 26.5 Å². The van der Waals surface area contributed by atoms with Gasteiger partial charge in [-0.25, -0.2) is 0 Å². The predicted molar refractivity (Wildman–Crippen MR) is 55.4 cm³/mol. The molecule has 0 atom stereocenters. The Hall–Kier alpha value is -1.19. The molecule has 3 nitrogen and oxygen atoms in total. The third-order valence-corrected chi connectivity index (χ3v) is 1.90. The summed E-state index contributed by atoms with van der Waals surface area (Å²) in [4.78, 5) is 11.5. The van der Waals surface area contributed by atoms with Gasteiger partial charge in [-0.2, -0.15) is 0 Å². The molecule has 0 aromatic heterocycles. The first-order valence-corrected chi connectivity index (χ1v) is 4.53. The number of nitrogens with one attached hydrogen (secondary N) is 1. The van der Waals surface area contributed by atoms with Crippen molar-refractivity contribution < 1.29 is 9.53 Å². The highest BCUT2D eigenvalue weighted by atomic mass is 16.5. The van der Waals surface area contributed by atoms with Crippen molar-refractivity contribution >= 4 is 5.78 Å². The number of ketones is 1. The fraction of sp³-hybridized carbons (Fsp3) is 0.364. The minimum atomic E-state index is 0.102. The van der Waals surface area contributed by atoms with Crippen molar-refractivity contribution in [3.05, 3.63) is 35.4 Å². The SMILES string of the molecule is CNCC(=O)c1cccc(COC)c1. The van der Waals surface area contributed by atoms with Gasteiger partial charge in [-0.1, -0.05) is 18.2 Å². The predicted octanol–water partition coefficient (Wildman–Crippen LogP) is 1.24. The van der Waals surface area contributed by atoms with Gasteiger partial charge in [0.15, 0.2) is 5.78 Å². The molecule has 0 saturated heterocycles. The zero-order valence-electron chi connectivity index (χ0n) is 8.54. The van der Waals surface area contributed by atoms with E-state index in [2.05, 4.69) is 5.32 Å². The first-order valence-electron chi connectivity index (χ1n) is 4.53. The van der Waals surface area contributed by atoms with Gasteiger partial charge < -0.3 is 10.1 Å². The van der Waals surface area contributed by atoms with Gasteiger partial charge >= 0.3 is 0 Å². The third kappa shape index (κ3) is 2.94. The van der Waals surface area contributed by atoms with Crippen LogP contribution < -0.4 is 5.32 Å². The Morgan fingerprint density at radius 3 is 2.93 bits per heavy atom. The van der Waals surface area contributed by atoms with Gasteiger partial charge in [-0.05, 0) is 18.7 Å². The molecule has 1 rings (SSSR count). The van der Waals surface area contributed by atoms with Crippen LogP contribution in [0.1, 0.15) is 15.9 Å². The quantitative estimate of drug-likeness (QED) is 0.715. The highest BCUT2D eigenvalue weighted by Gasteiger charge is 2.04. The number of Topliss-reactive ketones (excluding diaryl/α,β-unsaturated/α-hetero) is 1. The number of benzene rings is 1. The Balaban J connectivity index is 2.77. The molecule has 1 aromatic rings. The summed E-state index contributed by atoms with van der Waals surface area (Å²) < 4.78 is 5.00. The summed E-state index contributed by atoms with van der Waals surface area (Å²) in [5.74, 6) is 0.102. The average molecular weight is 193 g/mol. The second-order valence-electron chi connectivity index (χ2n) is 3.09. The maximum absolute atomic E-state index is 11.5. The molecule has 0 amide bonds. The topological polar surface area (TPSA) is 38.3 Å². The van der Waals surface area contributed by atoms with Gasteiger partial charge in [-0.3, -0.25) is 4.79 Å². The van der Waals surface area contributed by atoms with Crippen LogP contribution in [0.15, 0.2) is 24.3 Å². The highest BCUT2D eigenvalue weighted by Crippen LogP contribution is 2.06. The van der Waals surface area contributed by atoms with E-state index in [0.29, 0.717) is 13.2 Å². The van der Waals surface area contributed by atoms with Crippen LogP contribution in [0, 0.1) is 0 Å². The van der Waals surface area contributed by atoms with Crippen LogP contribution in [-0.2, 0) is 11.3 Å². The largest absolute Gasteiger partial charge is 0.380 e. The number of likely N-dealkylation sites (N-methyl/N-ethyl adjacent to an activating group) is 1. The van der Waals surface area contributed by atoms with E-state index in [1.807, 2.05) is 24.3 Å². The van der Waals surface area contributed by atoms with E-state index in [4.69, 9.17) is 4.74 Å². The first-order chi connectivity index (χ1) is 6.77. The number of hydrogen-bond donors (Lipinski definition) is 1. The Morgan fingerprint density at radius 1 is 1.50 bits per heavy atom. The molecule has 0 aliphatic heterocycles. The van der Waals surface area contributed by atoms with Gasteiger partial charge in [0.2, 0.25) is 0 Å². The Bertz CT molecular complexity index is 310. The molecule has 0 radical (unpaired) electrons. The molecule has 0 bridgehead atoms. The van der Waals surface area contributed by atoms with E-state index in [1.54, 1.807) is 14.2 Å². The third-order valence-electron chi connectivity index (χ3n) is 1.90. The molecular weight excluding hydrogens is 178 g/mol. The summed E-state index contributed by atoms with van der Waals surface area (Å²) in [5.41, 5.74) is 1.75. The van der Waals surface area contributed by atoms with Crippen molar-refractivity contribution in [1.82, 2.24) is 5.32 Å². The Kier molecular flexibility index (Phi) is 4.29. The van der Waals surface area contributed by atoms with Crippen LogP contribution in [0.4, 0.5) is 0 Å². The molecule has 0 spiro atoms. The Labute approximate surface area is 84.1 Å². The van der Waals surface area contributed by atoms with Gasteiger partial charge in [0, 0.05) is 12.7 Å². The molecule has 0 aliphatic carbocycles. The van der Waals surface area contributed by atoms with Gasteiger partial charge in [-0.15, -0.1) is 0 Å². The zero-order valence-corrected chi connectivity index (χ0v) is 8.54. The summed E-state index contributed by atoms with van der Waals surface area (Å²) in [6.07, 6.45) is 0. The normalized spacial score (nSPS) is 10.1. The molecular formula is C11H15NO2. The van der Waals surface area contributed by atoms with Gasteiger partial charge in [0.25, 0.3) is 0 Å². The van der Waals surface area contributed by atoms with Crippen LogP contribution in [0.5, 0.6) is 0 Å². The van der Waals surface area contributed by atoms with E-state index in [-0.39, 0.29) is 5.78 Å². The smallest absolute Gasteiger partial charge is 0.176 e. The summed E-state index contributed by atoms with van der Waals surface area (Å²) >= 11 is 0. The lowest BCUT2D eigenvalue weighted by atomic mass is 10.1. The summed E-state index contributed by atoms with van der Waals surface area (Å²) in [6, 6.07) is 7.50. The van der Waals surface area contributed by atoms with Crippen molar-refractivity contribution in [2.24, 2.45) is 0 Å². The molecule has 1 N–H and O–H groups in total. The summed E-state index contributed by atoms with van der Waals surface area (Å²) in [5, 5.41) is 2.84. The van der Waals surface area contributed by atoms with Crippen molar-refractivity contribution in [2.75, 3.05) is 20.7 Å². The number of carbonyl (C=O) groups is 1. The van der Waals surface area contributed by atoms with E-state index in [1.165, 1.54) is 0 Å². The molecule has 76 valence electrons. The number of hydrogen-bond acceptors (Lipinski definition) is 3. The summed E-state index contributed by atoms with van der Waals surface area (Å²) in [6.45, 7) is 0.914. The standard InChI is InChI=1S/C11H15NO2/c1-12-7-11(13)10-5-3-4-9(6-10)8-14-2/h3-6,12H,7-8H2,1-2H3. The monoisotopic (exact) mass is 193 g/mol. The second-order valence-corrected chi connectivity index (χ2v) is 3.09.